The van der Waals surface area contributed by atoms with Gasteiger partial charge >= 0.3 is 6.18 Å². The minimum Gasteiger partial charge on any atom is -0.338 e. The Morgan fingerprint density at radius 3 is 2.12 bits per heavy atom. The lowest BCUT2D eigenvalue weighted by Gasteiger charge is -2.33. The Morgan fingerprint density at radius 1 is 1.00 bits per heavy atom. The van der Waals surface area contributed by atoms with Crippen molar-refractivity contribution in [3.8, 4) is 0 Å². The van der Waals surface area contributed by atoms with E-state index in [0.717, 1.165) is 56.1 Å². The van der Waals surface area contributed by atoms with Gasteiger partial charge in [0.15, 0.2) is 5.82 Å². The molecule has 0 amide bonds. The zero-order valence-corrected chi connectivity index (χ0v) is 14.1. The monoisotopic (exact) mass is 354 g/mol. The normalized spacial score (nSPS) is 17.1. The van der Waals surface area contributed by atoms with Crippen LogP contribution in [0.5, 0.6) is 0 Å². The SMILES string of the molecule is CCc1noc(CN2CCN(Cc3ccc(C(F)(F)F)cc3)CC2)n1. The van der Waals surface area contributed by atoms with Gasteiger partial charge in [0.05, 0.1) is 12.1 Å². The highest BCUT2D eigenvalue weighted by Gasteiger charge is 2.30. The number of alkyl halides is 3. The molecule has 25 heavy (non-hydrogen) atoms. The van der Waals surface area contributed by atoms with Crippen LogP contribution in [0, 0.1) is 0 Å². The van der Waals surface area contributed by atoms with Gasteiger partial charge in [-0.3, -0.25) is 9.80 Å². The van der Waals surface area contributed by atoms with E-state index in [-0.39, 0.29) is 0 Å². The van der Waals surface area contributed by atoms with E-state index in [1.807, 2.05) is 6.92 Å². The van der Waals surface area contributed by atoms with Gasteiger partial charge in [-0.2, -0.15) is 18.2 Å². The average Bonchev–Trinajstić information content (AvgIpc) is 3.04. The number of benzene rings is 1. The summed E-state index contributed by atoms with van der Waals surface area (Å²) in [6.45, 7) is 6.73. The Labute approximate surface area is 144 Å². The molecule has 0 radical (unpaired) electrons. The highest BCUT2D eigenvalue weighted by molar-refractivity contribution is 5.24. The highest BCUT2D eigenvalue weighted by Crippen LogP contribution is 2.29. The number of aromatic nitrogens is 2. The van der Waals surface area contributed by atoms with Crippen LogP contribution in [0.25, 0.3) is 0 Å². The Hall–Kier alpha value is -1.93. The first kappa shape index (κ1) is 17.9. The van der Waals surface area contributed by atoms with E-state index in [9.17, 15) is 13.2 Å². The molecule has 0 aliphatic carbocycles. The van der Waals surface area contributed by atoms with Crippen molar-refractivity contribution in [3.63, 3.8) is 0 Å². The molecule has 1 aromatic heterocycles. The first-order chi connectivity index (χ1) is 11.9. The van der Waals surface area contributed by atoms with Crippen molar-refractivity contribution in [1.82, 2.24) is 19.9 Å². The maximum absolute atomic E-state index is 12.6. The zero-order valence-electron chi connectivity index (χ0n) is 14.1. The third-order valence-corrected chi connectivity index (χ3v) is 4.34. The van der Waals surface area contributed by atoms with Crippen LogP contribution in [0.15, 0.2) is 28.8 Å². The fourth-order valence-corrected chi connectivity index (χ4v) is 2.85. The standard InChI is InChI=1S/C17H21F3N4O/c1-2-15-21-16(25-22-15)12-24-9-7-23(8-10-24)11-13-3-5-14(6-4-13)17(18,19)20/h3-6H,2,7-12H2,1H3. The predicted octanol–water partition coefficient (Wildman–Crippen LogP) is 2.97. The van der Waals surface area contributed by atoms with Gasteiger partial charge in [0.1, 0.15) is 0 Å². The first-order valence-corrected chi connectivity index (χ1v) is 8.36. The second kappa shape index (κ2) is 7.53. The van der Waals surface area contributed by atoms with Gasteiger partial charge in [-0.1, -0.05) is 24.2 Å². The smallest absolute Gasteiger partial charge is 0.338 e. The number of halogens is 3. The summed E-state index contributed by atoms with van der Waals surface area (Å²) in [5.41, 5.74) is 0.290. The van der Waals surface area contributed by atoms with Gasteiger partial charge in [-0.15, -0.1) is 0 Å². The fraction of sp³-hybridized carbons (Fsp3) is 0.529. The fourth-order valence-electron chi connectivity index (χ4n) is 2.85. The number of hydrogen-bond acceptors (Lipinski definition) is 5. The summed E-state index contributed by atoms with van der Waals surface area (Å²) in [5, 5.41) is 3.89. The number of rotatable bonds is 5. The van der Waals surface area contributed by atoms with E-state index < -0.39 is 11.7 Å². The molecule has 8 heteroatoms. The van der Waals surface area contributed by atoms with E-state index in [0.29, 0.717) is 19.0 Å². The third-order valence-electron chi connectivity index (χ3n) is 4.34. The van der Waals surface area contributed by atoms with Crippen LogP contribution in [0.1, 0.15) is 29.8 Å². The molecule has 3 rings (SSSR count). The summed E-state index contributed by atoms with van der Waals surface area (Å²) >= 11 is 0. The number of aryl methyl sites for hydroxylation is 1. The molecule has 5 nitrogen and oxygen atoms in total. The van der Waals surface area contributed by atoms with Crippen LogP contribution >= 0.6 is 0 Å². The molecule has 1 saturated heterocycles. The Balaban J connectivity index is 1.47. The van der Waals surface area contributed by atoms with Crippen LogP contribution in [-0.4, -0.2) is 46.1 Å². The van der Waals surface area contributed by atoms with Crippen LogP contribution < -0.4 is 0 Å². The number of piperazine rings is 1. The van der Waals surface area contributed by atoms with Crippen LogP contribution in [-0.2, 0) is 25.7 Å². The molecule has 136 valence electrons. The summed E-state index contributed by atoms with van der Waals surface area (Å²) in [5.74, 6) is 1.35. The summed E-state index contributed by atoms with van der Waals surface area (Å²) < 4.78 is 43.0. The molecule has 1 fully saturated rings. The Bertz CT molecular complexity index is 676. The van der Waals surface area contributed by atoms with E-state index in [4.69, 9.17) is 4.52 Å². The van der Waals surface area contributed by atoms with Crippen molar-refractivity contribution < 1.29 is 17.7 Å². The molecule has 0 bridgehead atoms. The summed E-state index contributed by atoms with van der Waals surface area (Å²) in [6.07, 6.45) is -3.53. The zero-order chi connectivity index (χ0) is 17.9. The van der Waals surface area contributed by atoms with Gasteiger partial charge in [0, 0.05) is 39.1 Å². The molecule has 0 atom stereocenters. The molecule has 0 saturated carbocycles. The van der Waals surface area contributed by atoms with Crippen molar-refractivity contribution in [2.45, 2.75) is 32.6 Å². The van der Waals surface area contributed by atoms with Gasteiger partial charge in [0.2, 0.25) is 5.89 Å². The van der Waals surface area contributed by atoms with Crippen LogP contribution in [0.3, 0.4) is 0 Å². The molecular weight excluding hydrogens is 333 g/mol. The van der Waals surface area contributed by atoms with E-state index in [1.165, 1.54) is 0 Å². The van der Waals surface area contributed by atoms with Gasteiger partial charge < -0.3 is 4.52 Å². The number of nitrogens with zero attached hydrogens (tertiary/aromatic N) is 4. The third kappa shape index (κ3) is 4.79. The molecule has 2 aromatic rings. The molecule has 0 N–H and O–H groups in total. The Kier molecular flexibility index (Phi) is 5.39. The molecule has 1 aromatic carbocycles. The topological polar surface area (TPSA) is 45.4 Å². The summed E-state index contributed by atoms with van der Waals surface area (Å²) in [7, 11) is 0. The van der Waals surface area contributed by atoms with Crippen molar-refractivity contribution in [2.24, 2.45) is 0 Å². The van der Waals surface area contributed by atoms with Gasteiger partial charge in [-0.05, 0) is 17.7 Å². The van der Waals surface area contributed by atoms with Crippen LogP contribution in [0.2, 0.25) is 0 Å². The minimum atomic E-state index is -4.28. The van der Waals surface area contributed by atoms with Crippen molar-refractivity contribution in [3.05, 3.63) is 47.1 Å². The predicted molar refractivity (Wildman–Crippen MR) is 85.7 cm³/mol. The molecular formula is C17H21F3N4O. The van der Waals surface area contributed by atoms with Crippen molar-refractivity contribution >= 4 is 0 Å². The van der Waals surface area contributed by atoms with Crippen molar-refractivity contribution in [2.75, 3.05) is 26.2 Å². The second-order valence-electron chi connectivity index (χ2n) is 6.20. The lowest BCUT2D eigenvalue weighted by atomic mass is 10.1. The first-order valence-electron chi connectivity index (χ1n) is 8.36. The van der Waals surface area contributed by atoms with Gasteiger partial charge in [0.25, 0.3) is 0 Å². The van der Waals surface area contributed by atoms with Crippen molar-refractivity contribution in [1.29, 1.82) is 0 Å². The average molecular weight is 354 g/mol. The van der Waals surface area contributed by atoms with Crippen LogP contribution in [0.4, 0.5) is 13.2 Å². The van der Waals surface area contributed by atoms with E-state index in [1.54, 1.807) is 12.1 Å². The maximum atomic E-state index is 12.6. The number of hydrogen-bond donors (Lipinski definition) is 0. The minimum absolute atomic E-state index is 0.605. The molecule has 2 heterocycles. The molecule has 1 aliphatic heterocycles. The second-order valence-corrected chi connectivity index (χ2v) is 6.20. The van der Waals surface area contributed by atoms with Gasteiger partial charge in [-0.25, -0.2) is 0 Å². The molecule has 1 aliphatic rings. The molecule has 0 spiro atoms. The van der Waals surface area contributed by atoms with E-state index in [2.05, 4.69) is 19.9 Å². The lowest BCUT2D eigenvalue weighted by Crippen LogP contribution is -2.45. The summed E-state index contributed by atoms with van der Waals surface area (Å²) in [4.78, 5) is 8.80. The van der Waals surface area contributed by atoms with E-state index >= 15 is 0 Å². The Morgan fingerprint density at radius 2 is 1.60 bits per heavy atom. The highest BCUT2D eigenvalue weighted by atomic mass is 19.4. The largest absolute Gasteiger partial charge is 0.416 e. The summed E-state index contributed by atoms with van der Waals surface area (Å²) in [6, 6.07) is 5.40. The lowest BCUT2D eigenvalue weighted by molar-refractivity contribution is -0.137. The molecule has 0 unspecified atom stereocenters. The quantitative estimate of drug-likeness (QED) is 0.826. The maximum Gasteiger partial charge on any atom is 0.416 e.